The van der Waals surface area contributed by atoms with Crippen LogP contribution in [-0.4, -0.2) is 110 Å². The summed E-state index contributed by atoms with van der Waals surface area (Å²) in [6, 6.07) is 0. The summed E-state index contributed by atoms with van der Waals surface area (Å²) in [4.78, 5) is 0. The van der Waals surface area contributed by atoms with Gasteiger partial charge in [0.2, 0.25) is 0 Å². The molecule has 0 radical (unpaired) electrons. The number of aliphatic hydroxyl groups is 7. The van der Waals surface area contributed by atoms with Gasteiger partial charge in [-0.1, -0.05) is 20.8 Å². The highest BCUT2D eigenvalue weighted by atomic mass is 16.7. The Morgan fingerprint density at radius 1 is 0.731 bits per heavy atom. The fraction of sp³-hybridized carbons (Fsp3) is 1.00. The van der Waals surface area contributed by atoms with Crippen LogP contribution < -0.4 is 0 Å². The molecule has 10 atom stereocenters. The van der Waals surface area contributed by atoms with Crippen LogP contribution in [0, 0.1) is 5.41 Å². The molecule has 1 unspecified atom stereocenters. The SMILES string of the molecule is CC(C)(C)C1O[C@H](CO)[C@@H](O)[C@H](O)[C@H]1O[C@@H]1O[C@H](CO)[C@@H](O)[C@H](O)[C@H]1O. The van der Waals surface area contributed by atoms with Crippen LogP contribution in [0.4, 0.5) is 0 Å². The van der Waals surface area contributed by atoms with E-state index in [1.807, 2.05) is 0 Å². The van der Waals surface area contributed by atoms with Gasteiger partial charge in [-0.15, -0.1) is 0 Å². The Morgan fingerprint density at radius 2 is 1.23 bits per heavy atom. The van der Waals surface area contributed by atoms with Crippen molar-refractivity contribution in [2.75, 3.05) is 13.2 Å². The molecule has 10 nitrogen and oxygen atoms in total. The van der Waals surface area contributed by atoms with Gasteiger partial charge in [-0.2, -0.15) is 0 Å². The van der Waals surface area contributed by atoms with Crippen molar-refractivity contribution in [2.45, 2.75) is 82.0 Å². The summed E-state index contributed by atoms with van der Waals surface area (Å²) in [7, 11) is 0. The molecule has 2 aliphatic rings. The Bertz CT molecular complexity index is 453. The first-order valence-corrected chi connectivity index (χ1v) is 8.61. The van der Waals surface area contributed by atoms with E-state index in [2.05, 4.69) is 0 Å². The van der Waals surface area contributed by atoms with Crippen molar-refractivity contribution in [3.63, 3.8) is 0 Å². The summed E-state index contributed by atoms with van der Waals surface area (Å²) in [5, 5.41) is 69.0. The third-order valence-corrected chi connectivity index (χ3v) is 4.86. The first-order valence-electron chi connectivity index (χ1n) is 8.61. The molecule has 0 aromatic heterocycles. The fourth-order valence-electron chi connectivity index (χ4n) is 3.27. The van der Waals surface area contributed by atoms with Crippen molar-refractivity contribution in [3.8, 4) is 0 Å². The largest absolute Gasteiger partial charge is 0.394 e. The van der Waals surface area contributed by atoms with E-state index in [1.165, 1.54) is 0 Å². The highest BCUT2D eigenvalue weighted by Gasteiger charge is 2.52. The smallest absolute Gasteiger partial charge is 0.187 e. The predicted octanol–water partition coefficient (Wildman–Crippen LogP) is -3.30. The van der Waals surface area contributed by atoms with E-state index < -0.39 is 79.9 Å². The summed E-state index contributed by atoms with van der Waals surface area (Å²) in [5.74, 6) is 0. The fourth-order valence-corrected chi connectivity index (χ4v) is 3.27. The number of aliphatic hydroxyl groups excluding tert-OH is 7. The van der Waals surface area contributed by atoms with Crippen molar-refractivity contribution in [1.29, 1.82) is 0 Å². The Kier molecular flexibility index (Phi) is 7.00. The molecule has 2 saturated heterocycles. The normalized spacial score (nSPS) is 47.8. The standard InChI is InChI=1S/C16H30O10/c1-16(2,3)14-13(11(22)9(20)6(4-17)24-14)26-15-12(23)10(21)8(19)7(5-18)25-15/h6-15,17-23H,4-5H2,1-3H3/t6-,7-,8-,9-,10+,11+,12-,13-,14?,15+/m1/s1. The lowest BCUT2D eigenvalue weighted by molar-refractivity contribution is -0.347. The average molecular weight is 382 g/mol. The molecule has 7 N–H and O–H groups in total. The maximum Gasteiger partial charge on any atom is 0.187 e. The molecule has 0 bridgehead atoms. The van der Waals surface area contributed by atoms with Crippen LogP contribution in [0.5, 0.6) is 0 Å². The van der Waals surface area contributed by atoms with Gasteiger partial charge in [0, 0.05) is 0 Å². The molecule has 2 fully saturated rings. The molecule has 0 aliphatic carbocycles. The molecule has 10 heteroatoms. The third-order valence-electron chi connectivity index (χ3n) is 4.86. The zero-order valence-corrected chi connectivity index (χ0v) is 15.0. The lowest BCUT2D eigenvalue weighted by atomic mass is 9.80. The van der Waals surface area contributed by atoms with E-state index in [-0.39, 0.29) is 0 Å². The quantitative estimate of drug-likeness (QED) is 0.261. The van der Waals surface area contributed by atoms with E-state index >= 15 is 0 Å². The molecule has 2 heterocycles. The number of hydrogen-bond donors (Lipinski definition) is 7. The van der Waals surface area contributed by atoms with Gasteiger partial charge in [-0.25, -0.2) is 0 Å². The van der Waals surface area contributed by atoms with Gasteiger partial charge in [0.15, 0.2) is 6.29 Å². The van der Waals surface area contributed by atoms with Crippen LogP contribution in [0.1, 0.15) is 20.8 Å². The number of hydrogen-bond acceptors (Lipinski definition) is 10. The molecule has 2 rings (SSSR count). The topological polar surface area (TPSA) is 169 Å². The molecule has 0 aromatic rings. The van der Waals surface area contributed by atoms with E-state index in [9.17, 15) is 35.7 Å². The predicted molar refractivity (Wildman–Crippen MR) is 85.9 cm³/mol. The van der Waals surface area contributed by atoms with Gasteiger partial charge in [0.05, 0.1) is 19.3 Å². The first kappa shape index (κ1) is 21.9. The molecular formula is C16H30O10. The summed E-state index contributed by atoms with van der Waals surface area (Å²) in [6.07, 6.45) is -13.3. The molecule has 0 amide bonds. The summed E-state index contributed by atoms with van der Waals surface area (Å²) < 4.78 is 16.6. The monoisotopic (exact) mass is 382 g/mol. The zero-order chi connectivity index (χ0) is 19.8. The first-order chi connectivity index (χ1) is 12.0. The van der Waals surface area contributed by atoms with Crippen LogP contribution in [-0.2, 0) is 14.2 Å². The van der Waals surface area contributed by atoms with E-state index in [0.29, 0.717) is 0 Å². The Labute approximate surface area is 151 Å². The highest BCUT2D eigenvalue weighted by Crippen LogP contribution is 2.36. The van der Waals surface area contributed by atoms with E-state index in [0.717, 1.165) is 0 Å². The maximum absolute atomic E-state index is 10.5. The Balaban J connectivity index is 2.23. The second kappa shape index (κ2) is 8.31. The zero-order valence-electron chi connectivity index (χ0n) is 15.0. The molecular weight excluding hydrogens is 352 g/mol. The number of ether oxygens (including phenoxy) is 3. The maximum atomic E-state index is 10.5. The minimum Gasteiger partial charge on any atom is -0.394 e. The molecule has 2 aliphatic heterocycles. The highest BCUT2D eigenvalue weighted by molar-refractivity contribution is 4.98. The second-order valence-electron chi connectivity index (χ2n) is 7.92. The minimum atomic E-state index is -1.65. The van der Waals surface area contributed by atoms with Crippen molar-refractivity contribution in [2.24, 2.45) is 5.41 Å². The van der Waals surface area contributed by atoms with Gasteiger partial charge >= 0.3 is 0 Å². The lowest BCUT2D eigenvalue weighted by Crippen LogP contribution is -2.66. The van der Waals surface area contributed by atoms with Gasteiger partial charge in [0.1, 0.15) is 48.8 Å². The Morgan fingerprint density at radius 3 is 1.73 bits per heavy atom. The van der Waals surface area contributed by atoms with Crippen LogP contribution in [0.15, 0.2) is 0 Å². The van der Waals surface area contributed by atoms with Gasteiger partial charge in [0.25, 0.3) is 0 Å². The molecule has 154 valence electrons. The minimum absolute atomic E-state index is 0.502. The number of rotatable bonds is 4. The van der Waals surface area contributed by atoms with Crippen LogP contribution in [0.3, 0.4) is 0 Å². The average Bonchev–Trinajstić information content (AvgIpc) is 2.58. The summed E-state index contributed by atoms with van der Waals surface area (Å²) >= 11 is 0. The van der Waals surface area contributed by atoms with Crippen LogP contribution in [0.2, 0.25) is 0 Å². The molecule has 0 aromatic carbocycles. The van der Waals surface area contributed by atoms with Crippen molar-refractivity contribution in [1.82, 2.24) is 0 Å². The van der Waals surface area contributed by atoms with E-state index in [4.69, 9.17) is 14.2 Å². The summed E-state index contributed by atoms with van der Waals surface area (Å²) in [6.45, 7) is 4.30. The molecule has 26 heavy (non-hydrogen) atoms. The van der Waals surface area contributed by atoms with Crippen LogP contribution >= 0.6 is 0 Å². The van der Waals surface area contributed by atoms with Gasteiger partial charge < -0.3 is 50.0 Å². The third kappa shape index (κ3) is 4.20. The summed E-state index contributed by atoms with van der Waals surface area (Å²) in [5.41, 5.74) is -0.576. The molecule has 0 spiro atoms. The second-order valence-corrected chi connectivity index (χ2v) is 7.92. The van der Waals surface area contributed by atoms with Gasteiger partial charge in [-0.05, 0) is 5.41 Å². The Hall–Kier alpha value is -0.400. The van der Waals surface area contributed by atoms with Crippen molar-refractivity contribution in [3.05, 3.63) is 0 Å². The van der Waals surface area contributed by atoms with E-state index in [1.54, 1.807) is 20.8 Å². The molecule has 0 saturated carbocycles. The van der Waals surface area contributed by atoms with Crippen molar-refractivity contribution < 1.29 is 50.0 Å². The van der Waals surface area contributed by atoms with Crippen LogP contribution in [0.25, 0.3) is 0 Å². The van der Waals surface area contributed by atoms with Gasteiger partial charge in [-0.3, -0.25) is 0 Å². The lowest BCUT2D eigenvalue weighted by Gasteiger charge is -2.49. The van der Waals surface area contributed by atoms with Crippen molar-refractivity contribution >= 4 is 0 Å².